The molecule has 2 aromatic heterocycles. The number of carbonyl (C=O) groups excluding carboxylic acids is 2. The van der Waals surface area contributed by atoms with E-state index in [0.29, 0.717) is 34.5 Å². The Morgan fingerprint density at radius 3 is 2.58 bits per heavy atom. The van der Waals surface area contributed by atoms with Crippen molar-refractivity contribution in [2.45, 2.75) is 25.8 Å². The molecule has 3 heterocycles. The highest BCUT2D eigenvalue weighted by Gasteiger charge is 2.27. The number of nitrogens with one attached hydrogen (secondary N) is 1. The summed E-state index contributed by atoms with van der Waals surface area (Å²) in [5.74, 6) is -1.89. The second-order valence-electron chi connectivity index (χ2n) is 7.23. The molecule has 1 aliphatic rings. The van der Waals surface area contributed by atoms with Crippen molar-refractivity contribution < 1.29 is 23.5 Å². The lowest BCUT2D eigenvalue weighted by Gasteiger charge is -2.11. The molecule has 0 aliphatic carbocycles. The zero-order chi connectivity index (χ0) is 22.0. The Bertz CT molecular complexity index is 1140. The largest absolute Gasteiger partial charge is 0.396 e. The number of Topliss-reactive ketones (excluding diaryl/α,β-unsaturated/α-hetero) is 1. The van der Waals surface area contributed by atoms with E-state index in [2.05, 4.69) is 15.3 Å². The summed E-state index contributed by atoms with van der Waals surface area (Å²) in [6, 6.07) is 8.42. The molecule has 1 aromatic carbocycles. The van der Waals surface area contributed by atoms with Crippen LogP contribution in [0.5, 0.6) is 0 Å². The number of pyridine rings is 2. The van der Waals surface area contributed by atoms with E-state index in [1.807, 2.05) is 0 Å². The lowest BCUT2D eigenvalue weighted by atomic mass is 9.98. The topological polar surface area (TPSA) is 92.2 Å². The van der Waals surface area contributed by atoms with E-state index in [4.69, 9.17) is 5.11 Å². The van der Waals surface area contributed by atoms with E-state index in [9.17, 15) is 18.4 Å². The molecule has 0 saturated heterocycles. The van der Waals surface area contributed by atoms with Gasteiger partial charge in [-0.1, -0.05) is 6.07 Å². The molecule has 1 amide bonds. The average Bonchev–Trinajstić information content (AvgIpc) is 3.13. The van der Waals surface area contributed by atoms with Gasteiger partial charge in [0.15, 0.2) is 5.78 Å². The molecule has 8 heteroatoms. The van der Waals surface area contributed by atoms with Crippen molar-refractivity contribution in [3.63, 3.8) is 0 Å². The summed E-state index contributed by atoms with van der Waals surface area (Å²) < 4.78 is 28.6. The normalized spacial score (nSPS) is 12.5. The summed E-state index contributed by atoms with van der Waals surface area (Å²) in [5.41, 5.74) is 2.24. The van der Waals surface area contributed by atoms with Crippen molar-refractivity contribution in [3.05, 3.63) is 82.3 Å². The first-order valence-electron chi connectivity index (χ1n) is 9.82. The zero-order valence-corrected chi connectivity index (χ0v) is 16.5. The molecule has 2 N–H and O–H groups in total. The Hall–Kier alpha value is -3.52. The standard InChI is InChI=1S/C23H19F2N3O3/c24-16-3-1-4-17(25)22(16)18-10-14(21-19(28-18)12-27-23(21)31)9-15-7-6-13(11-26-15)20(30)5-2-8-29/h1,3-4,6-7,10-11,29H,2,5,8-9,12H2,(H,27,31). The molecule has 0 fully saturated rings. The van der Waals surface area contributed by atoms with Crippen LogP contribution in [0, 0.1) is 11.6 Å². The number of ketones is 1. The molecule has 0 radical (unpaired) electrons. The summed E-state index contributed by atoms with van der Waals surface area (Å²) >= 11 is 0. The maximum absolute atomic E-state index is 14.3. The van der Waals surface area contributed by atoms with Gasteiger partial charge < -0.3 is 10.4 Å². The second-order valence-corrected chi connectivity index (χ2v) is 7.23. The van der Waals surface area contributed by atoms with Crippen molar-refractivity contribution in [2.75, 3.05) is 6.61 Å². The number of halogens is 2. The van der Waals surface area contributed by atoms with Gasteiger partial charge in [-0.05, 0) is 42.3 Å². The number of aliphatic hydroxyl groups excluding tert-OH is 1. The lowest BCUT2D eigenvalue weighted by Crippen LogP contribution is -2.14. The van der Waals surface area contributed by atoms with Gasteiger partial charge in [-0.3, -0.25) is 14.6 Å². The van der Waals surface area contributed by atoms with E-state index in [0.717, 1.165) is 12.1 Å². The minimum atomic E-state index is -0.737. The van der Waals surface area contributed by atoms with Crippen molar-refractivity contribution in [1.82, 2.24) is 15.3 Å². The monoisotopic (exact) mass is 423 g/mol. The number of aromatic nitrogens is 2. The highest BCUT2D eigenvalue weighted by atomic mass is 19.1. The number of nitrogens with zero attached hydrogens (tertiary/aromatic N) is 2. The number of benzene rings is 1. The quantitative estimate of drug-likeness (QED) is 0.570. The van der Waals surface area contributed by atoms with Crippen LogP contribution < -0.4 is 5.32 Å². The molecule has 3 aromatic rings. The van der Waals surface area contributed by atoms with E-state index >= 15 is 0 Å². The van der Waals surface area contributed by atoms with E-state index in [-0.39, 0.29) is 48.9 Å². The third kappa shape index (κ3) is 4.20. The van der Waals surface area contributed by atoms with Crippen LogP contribution in [-0.2, 0) is 13.0 Å². The second kappa shape index (κ2) is 8.69. The smallest absolute Gasteiger partial charge is 0.253 e. The summed E-state index contributed by atoms with van der Waals surface area (Å²) in [4.78, 5) is 33.0. The Kier molecular flexibility index (Phi) is 5.81. The minimum Gasteiger partial charge on any atom is -0.396 e. The van der Waals surface area contributed by atoms with Crippen LogP contribution in [0.15, 0.2) is 42.6 Å². The van der Waals surface area contributed by atoms with Crippen molar-refractivity contribution >= 4 is 11.7 Å². The summed E-state index contributed by atoms with van der Waals surface area (Å²) in [6.45, 7) is 0.119. The first-order chi connectivity index (χ1) is 15.0. The molecule has 0 bridgehead atoms. The number of aliphatic hydroxyl groups is 1. The van der Waals surface area contributed by atoms with E-state index < -0.39 is 11.6 Å². The van der Waals surface area contributed by atoms with E-state index in [1.165, 1.54) is 18.3 Å². The van der Waals surface area contributed by atoms with Crippen LogP contribution in [0.1, 0.15) is 50.5 Å². The van der Waals surface area contributed by atoms with Crippen LogP contribution in [0.2, 0.25) is 0 Å². The van der Waals surface area contributed by atoms with Crippen LogP contribution in [-0.4, -0.2) is 33.4 Å². The Balaban J connectivity index is 1.69. The fourth-order valence-corrected chi connectivity index (χ4v) is 3.60. The highest BCUT2D eigenvalue weighted by Crippen LogP contribution is 2.30. The highest BCUT2D eigenvalue weighted by molar-refractivity contribution is 5.99. The molecular weight excluding hydrogens is 404 g/mol. The zero-order valence-electron chi connectivity index (χ0n) is 16.5. The van der Waals surface area contributed by atoms with Crippen LogP contribution >= 0.6 is 0 Å². The molecule has 0 saturated carbocycles. The molecule has 0 unspecified atom stereocenters. The fraction of sp³-hybridized carbons (Fsp3) is 0.217. The third-order valence-corrected chi connectivity index (χ3v) is 5.12. The Morgan fingerprint density at radius 2 is 1.90 bits per heavy atom. The first-order valence-corrected chi connectivity index (χ1v) is 9.82. The van der Waals surface area contributed by atoms with Gasteiger partial charge in [-0.25, -0.2) is 13.8 Å². The van der Waals surface area contributed by atoms with Crippen LogP contribution in [0.4, 0.5) is 8.78 Å². The van der Waals surface area contributed by atoms with Crippen LogP contribution in [0.25, 0.3) is 11.3 Å². The van der Waals surface area contributed by atoms with Gasteiger partial charge in [-0.2, -0.15) is 0 Å². The number of hydrogen-bond acceptors (Lipinski definition) is 5. The van der Waals surface area contributed by atoms with Gasteiger partial charge in [0, 0.05) is 36.9 Å². The number of hydrogen-bond donors (Lipinski definition) is 2. The van der Waals surface area contributed by atoms with Gasteiger partial charge in [0.1, 0.15) is 11.6 Å². The maximum Gasteiger partial charge on any atom is 0.253 e. The number of fused-ring (bicyclic) bond motifs is 1. The third-order valence-electron chi connectivity index (χ3n) is 5.12. The Morgan fingerprint density at radius 1 is 1.13 bits per heavy atom. The van der Waals surface area contributed by atoms with Crippen molar-refractivity contribution in [2.24, 2.45) is 0 Å². The van der Waals surface area contributed by atoms with Gasteiger partial charge in [0.25, 0.3) is 5.91 Å². The van der Waals surface area contributed by atoms with Crippen molar-refractivity contribution in [3.8, 4) is 11.3 Å². The predicted molar refractivity (Wildman–Crippen MR) is 108 cm³/mol. The average molecular weight is 423 g/mol. The molecule has 31 heavy (non-hydrogen) atoms. The molecule has 158 valence electrons. The molecular formula is C23H19F2N3O3. The lowest BCUT2D eigenvalue weighted by molar-refractivity contribution is 0.0960. The summed E-state index contributed by atoms with van der Waals surface area (Å²) in [6.07, 6.45) is 2.29. The van der Waals surface area contributed by atoms with Gasteiger partial charge in [0.2, 0.25) is 0 Å². The van der Waals surface area contributed by atoms with Crippen LogP contribution in [0.3, 0.4) is 0 Å². The molecule has 6 nitrogen and oxygen atoms in total. The molecule has 0 spiro atoms. The molecule has 1 aliphatic heterocycles. The minimum absolute atomic E-state index is 0.0581. The fourth-order valence-electron chi connectivity index (χ4n) is 3.60. The first kappa shape index (κ1) is 20.7. The SMILES string of the molecule is O=C(CCCO)c1ccc(Cc2cc(-c3c(F)cccc3F)nc3c2C(=O)NC3)nc1. The number of rotatable bonds is 7. The van der Waals surface area contributed by atoms with Gasteiger partial charge in [-0.15, -0.1) is 0 Å². The number of carbonyl (C=O) groups is 2. The van der Waals surface area contributed by atoms with E-state index in [1.54, 1.807) is 12.1 Å². The van der Waals surface area contributed by atoms with Crippen molar-refractivity contribution in [1.29, 1.82) is 0 Å². The van der Waals surface area contributed by atoms with Gasteiger partial charge in [0.05, 0.1) is 29.1 Å². The summed E-state index contributed by atoms with van der Waals surface area (Å²) in [5, 5.41) is 11.5. The number of amides is 1. The summed E-state index contributed by atoms with van der Waals surface area (Å²) in [7, 11) is 0. The molecule has 0 atom stereocenters. The van der Waals surface area contributed by atoms with Gasteiger partial charge >= 0.3 is 0 Å². The predicted octanol–water partition coefficient (Wildman–Crippen LogP) is 3.21. The maximum atomic E-state index is 14.3. The Labute approximate surface area is 177 Å². The molecule has 4 rings (SSSR count).